The predicted molar refractivity (Wildman–Crippen MR) is 263 cm³/mol. The fourth-order valence-electron chi connectivity index (χ4n) is 7.70. The molecule has 80 heavy (non-hydrogen) atoms. The molecule has 0 radical (unpaired) electrons. The summed E-state index contributed by atoms with van der Waals surface area (Å²) in [6.07, 6.45) is 7.09. The number of aromatic nitrogens is 5. The number of rotatable bonds is 30. The van der Waals surface area contributed by atoms with E-state index in [-0.39, 0.29) is 50.7 Å². The average molecular weight is 1130 g/mol. The van der Waals surface area contributed by atoms with E-state index < -0.39 is 134 Å². The van der Waals surface area contributed by atoms with Crippen LogP contribution in [-0.2, 0) is 74.1 Å². The fourth-order valence-corrected chi connectivity index (χ4v) is 7.70. The van der Waals surface area contributed by atoms with Gasteiger partial charge in [0.15, 0.2) is 11.8 Å². The van der Waals surface area contributed by atoms with Crippen LogP contribution in [0.5, 0.6) is 5.75 Å². The average Bonchev–Trinajstić information content (AvgIpc) is 4.13. The van der Waals surface area contributed by atoms with Crippen LogP contribution < -0.4 is 26.0 Å². The Balaban J connectivity index is 0.000000863. The van der Waals surface area contributed by atoms with Crippen LogP contribution in [0.1, 0.15) is 41.3 Å². The molecular formula is C48H54F2N12O18. The number of nitrogens with one attached hydrogen (secondary N) is 4. The van der Waals surface area contributed by atoms with Gasteiger partial charge < -0.3 is 75.5 Å². The summed E-state index contributed by atoms with van der Waals surface area (Å²) in [4.78, 5) is 144. The van der Waals surface area contributed by atoms with Gasteiger partial charge in [-0.05, 0) is 37.2 Å². The van der Waals surface area contributed by atoms with Crippen molar-refractivity contribution in [1.29, 1.82) is 5.26 Å². The van der Waals surface area contributed by atoms with E-state index in [1.165, 1.54) is 48.7 Å². The molecule has 4 aromatic rings. The van der Waals surface area contributed by atoms with Crippen molar-refractivity contribution >= 4 is 65.7 Å². The number of halogens is 2. The molecule has 0 saturated carbocycles. The number of nitrogens with zero attached hydrogens (tertiary/aromatic N) is 8. The Hall–Kier alpha value is -9.77. The van der Waals surface area contributed by atoms with Gasteiger partial charge in [0.1, 0.15) is 55.0 Å². The third kappa shape index (κ3) is 18.8. The van der Waals surface area contributed by atoms with Crippen LogP contribution in [0.3, 0.4) is 0 Å². The molecule has 3 unspecified atom stereocenters. The molecule has 3 aromatic heterocycles. The Labute approximate surface area is 451 Å². The number of carboxylic acid groups (broad SMARTS) is 6. The van der Waals surface area contributed by atoms with Crippen LogP contribution in [0.4, 0.5) is 8.78 Å². The van der Waals surface area contributed by atoms with Crippen LogP contribution in [0.25, 0.3) is 11.1 Å². The van der Waals surface area contributed by atoms with E-state index >= 15 is 0 Å². The number of hydrogen-bond acceptors (Lipinski definition) is 18. The second kappa shape index (κ2) is 29.7. The number of ether oxygens (including phenoxy) is 1. The van der Waals surface area contributed by atoms with Crippen molar-refractivity contribution in [1.82, 2.24) is 55.2 Å². The van der Waals surface area contributed by atoms with Crippen molar-refractivity contribution < 1.29 is 96.9 Å². The number of nitriles is 1. The molecule has 5 rings (SSSR count). The summed E-state index contributed by atoms with van der Waals surface area (Å²) < 4.78 is 36.4. The Bertz CT molecular complexity index is 2920. The molecule has 1 aliphatic rings. The smallest absolute Gasteiger partial charge is 0.326 e. The Morgan fingerprint density at radius 2 is 1.38 bits per heavy atom. The molecule has 4 amide bonds. The van der Waals surface area contributed by atoms with E-state index in [0.29, 0.717) is 29.0 Å². The van der Waals surface area contributed by atoms with Crippen LogP contribution in [0.2, 0.25) is 0 Å². The second-order valence-electron chi connectivity index (χ2n) is 17.4. The molecule has 0 aliphatic carbocycles. The first-order chi connectivity index (χ1) is 37.9. The van der Waals surface area contributed by atoms with Crippen molar-refractivity contribution in [2.45, 2.75) is 69.5 Å². The summed E-state index contributed by atoms with van der Waals surface area (Å²) in [5.74, 6) is -18.3. The number of carbonyl (C=O) groups excluding carboxylic acids is 5. The van der Waals surface area contributed by atoms with Crippen LogP contribution >= 0.6 is 0 Å². The van der Waals surface area contributed by atoms with Gasteiger partial charge in [-0.15, -0.1) is 0 Å². The maximum atomic E-state index is 13.8. The normalized spacial score (nSPS) is 14.2. The van der Waals surface area contributed by atoms with E-state index in [0.717, 1.165) is 4.90 Å². The molecule has 1 saturated heterocycles. The maximum absolute atomic E-state index is 13.8. The summed E-state index contributed by atoms with van der Waals surface area (Å²) in [5.41, 5.74) is 1.08. The van der Waals surface area contributed by atoms with Gasteiger partial charge in [-0.3, -0.25) is 53.0 Å². The molecule has 10 N–H and O–H groups in total. The number of likely N-dealkylation sites (N-methyl/N-ethyl adjacent to an activating group) is 1. The van der Waals surface area contributed by atoms with Crippen molar-refractivity contribution in [3.63, 3.8) is 0 Å². The first-order valence-corrected chi connectivity index (χ1v) is 23.7. The molecule has 4 heterocycles. The highest BCUT2D eigenvalue weighted by atomic mass is 19.3. The zero-order chi connectivity index (χ0) is 59.3. The zero-order valence-electron chi connectivity index (χ0n) is 42.2. The number of carboxylic acids is 6. The van der Waals surface area contributed by atoms with Gasteiger partial charge in [-0.1, -0.05) is 12.1 Å². The van der Waals surface area contributed by atoms with E-state index in [1.807, 2.05) is 0 Å². The van der Waals surface area contributed by atoms with Gasteiger partial charge in [-0.25, -0.2) is 23.5 Å². The number of imidazole rings is 2. The van der Waals surface area contributed by atoms with Crippen molar-refractivity contribution in [2.24, 2.45) is 11.8 Å². The third-order valence-electron chi connectivity index (χ3n) is 11.8. The zero-order valence-corrected chi connectivity index (χ0v) is 42.2. The minimum absolute atomic E-state index is 0.0174. The number of amides is 4. The molecule has 0 spiro atoms. The Morgan fingerprint density at radius 3 is 1.93 bits per heavy atom. The van der Waals surface area contributed by atoms with Gasteiger partial charge >= 0.3 is 35.8 Å². The summed E-state index contributed by atoms with van der Waals surface area (Å²) in [6.45, 7) is -2.23. The molecular weight excluding hydrogens is 1070 g/mol. The Morgan fingerprint density at radius 1 is 0.800 bits per heavy atom. The van der Waals surface area contributed by atoms with Crippen molar-refractivity contribution in [3.8, 4) is 22.9 Å². The largest absolute Gasteiger partial charge is 0.492 e. The number of aldehydes is 1. The third-order valence-corrected chi connectivity index (χ3v) is 11.8. The van der Waals surface area contributed by atoms with Gasteiger partial charge in [0.2, 0.25) is 17.7 Å². The van der Waals surface area contributed by atoms with E-state index in [1.54, 1.807) is 46.0 Å². The number of likely N-dealkylation sites (tertiary alicyclic amines) is 1. The number of carbonyl (C=O) groups is 11. The number of hydrogen-bond donors (Lipinski definition) is 10. The number of pyridine rings is 1. The molecule has 30 nitrogen and oxygen atoms in total. The lowest BCUT2D eigenvalue weighted by Gasteiger charge is -2.22. The molecule has 32 heteroatoms. The lowest BCUT2D eigenvalue weighted by Crippen LogP contribution is -2.45. The molecule has 0 bridgehead atoms. The monoisotopic (exact) mass is 1120 g/mol. The summed E-state index contributed by atoms with van der Waals surface area (Å²) in [5, 5.41) is 72.2. The summed E-state index contributed by atoms with van der Waals surface area (Å²) >= 11 is 0. The van der Waals surface area contributed by atoms with Gasteiger partial charge in [-0.2, -0.15) is 5.26 Å². The van der Waals surface area contributed by atoms with Gasteiger partial charge in [0.05, 0.1) is 57.4 Å². The Kier molecular flexibility index (Phi) is 23.3. The van der Waals surface area contributed by atoms with Gasteiger partial charge in [0, 0.05) is 55.6 Å². The molecule has 1 aliphatic heterocycles. The standard InChI is InChI=1S/C41H43F2N11O12.C7H11NO6/c42-41(43)16-26(17-44)54(24-41)36(58)19-49-37(59)28-5-6-45-18-30(28)25-1-3-27(4-2-25)66-14-9-48-34(56)22-51(20-32-46-7-10-52(32)12-13-55)21-33-47-8-11-53(33)23-35(57)50-31(40(64)65)15-29(38(60)61)39(62)63;1-8-4(7(13)14)2-3(5(9)10)6(11)12/h1-8,10-11,13,18,26,29,31H,9,12,14-16,19-24H2,(H,48,56)(H,49,59)(H,50,57)(H,60,61)(H,62,63)(H,64,65);3-4,8H,2H2,1H3,(H,9,10)(H,11,12)(H,13,14). The topological polar surface area (TPSA) is 445 Å². The van der Waals surface area contributed by atoms with E-state index in [4.69, 9.17) is 30.3 Å². The highest BCUT2D eigenvalue weighted by Crippen LogP contribution is 2.32. The van der Waals surface area contributed by atoms with E-state index in [9.17, 15) is 71.9 Å². The predicted octanol–water partition coefficient (Wildman–Crippen LogP) is -1.39. The minimum Gasteiger partial charge on any atom is -0.492 e. The summed E-state index contributed by atoms with van der Waals surface area (Å²) in [6, 6.07) is 5.32. The summed E-state index contributed by atoms with van der Waals surface area (Å²) in [7, 11) is 1.32. The lowest BCUT2D eigenvalue weighted by atomic mass is 10.00. The SMILES string of the molecule is CNC(CC(C(=O)O)C(=O)O)C(=O)O.N#CC1CC(F)(F)CN1C(=O)CNC(=O)c1ccncc1-c1ccc(OCCNC(=O)CN(Cc2nccn2CC=O)Cc2nccn2CC(=O)NC(CC(C(=O)O)C(=O)O)C(=O)O)cc1. The first kappa shape index (κ1) is 62.8. The van der Waals surface area contributed by atoms with Crippen LogP contribution in [0.15, 0.2) is 67.5 Å². The quantitative estimate of drug-likeness (QED) is 0.0163. The van der Waals surface area contributed by atoms with Crippen molar-refractivity contribution in [3.05, 3.63) is 84.7 Å². The van der Waals surface area contributed by atoms with Crippen molar-refractivity contribution in [2.75, 3.05) is 39.8 Å². The highest BCUT2D eigenvalue weighted by molar-refractivity contribution is 6.02. The number of alkyl halides is 2. The lowest BCUT2D eigenvalue weighted by molar-refractivity contribution is -0.158. The maximum Gasteiger partial charge on any atom is 0.326 e. The minimum atomic E-state index is -3.20. The van der Waals surface area contributed by atoms with Crippen LogP contribution in [0, 0.1) is 23.2 Å². The second-order valence-corrected chi connectivity index (χ2v) is 17.4. The molecule has 1 aromatic carbocycles. The molecule has 1 fully saturated rings. The molecule has 3 atom stereocenters. The highest BCUT2D eigenvalue weighted by Gasteiger charge is 2.47. The molecule has 428 valence electrons. The van der Waals surface area contributed by atoms with Crippen LogP contribution in [-0.4, -0.2) is 194 Å². The first-order valence-electron chi connectivity index (χ1n) is 23.7. The van der Waals surface area contributed by atoms with E-state index in [2.05, 4.69) is 36.2 Å². The number of benzene rings is 1. The fraction of sp³-hybridized carbons (Fsp3) is 0.396. The van der Waals surface area contributed by atoms with Gasteiger partial charge in [0.25, 0.3) is 11.8 Å². The number of aliphatic carboxylic acids is 6.